The highest BCUT2D eigenvalue weighted by Gasteiger charge is 2.28. The van der Waals surface area contributed by atoms with Crippen LogP contribution in [0.25, 0.3) is 0 Å². The highest BCUT2D eigenvalue weighted by molar-refractivity contribution is 7.89. The predicted molar refractivity (Wildman–Crippen MR) is 76.8 cm³/mol. The molecule has 0 saturated carbocycles. The Hall–Kier alpha value is -1.40. The van der Waals surface area contributed by atoms with Crippen LogP contribution < -0.4 is 0 Å². The fourth-order valence-electron chi connectivity index (χ4n) is 2.43. The highest BCUT2D eigenvalue weighted by atomic mass is 32.2. The summed E-state index contributed by atoms with van der Waals surface area (Å²) in [6, 6.07) is 7.00. The fourth-order valence-corrected chi connectivity index (χ4v) is 4.13. The molecule has 5 nitrogen and oxygen atoms in total. The molecule has 1 saturated heterocycles. The molecule has 1 aliphatic rings. The van der Waals surface area contributed by atoms with E-state index in [1.54, 1.807) is 30.0 Å². The van der Waals surface area contributed by atoms with Gasteiger partial charge in [-0.1, -0.05) is 18.2 Å². The number of sulfonamides is 1. The third-order valence-electron chi connectivity index (χ3n) is 3.61. The first-order chi connectivity index (χ1) is 9.43. The van der Waals surface area contributed by atoms with E-state index in [2.05, 4.69) is 0 Å². The van der Waals surface area contributed by atoms with Crippen molar-refractivity contribution >= 4 is 15.9 Å². The van der Waals surface area contributed by atoms with E-state index >= 15 is 0 Å². The van der Waals surface area contributed by atoms with Crippen LogP contribution in [-0.2, 0) is 14.8 Å². The van der Waals surface area contributed by atoms with E-state index in [0.717, 1.165) is 5.56 Å². The minimum atomic E-state index is -3.47. The van der Waals surface area contributed by atoms with Gasteiger partial charge in [-0.05, 0) is 25.0 Å². The van der Waals surface area contributed by atoms with Gasteiger partial charge in [0.25, 0.3) is 0 Å². The van der Waals surface area contributed by atoms with E-state index in [0.29, 0.717) is 37.5 Å². The summed E-state index contributed by atoms with van der Waals surface area (Å²) in [7, 11) is -3.47. The number of carbonyl (C=O) groups is 1. The van der Waals surface area contributed by atoms with Crippen LogP contribution in [0.15, 0.2) is 29.2 Å². The molecule has 0 atom stereocenters. The van der Waals surface area contributed by atoms with Gasteiger partial charge in [-0.15, -0.1) is 0 Å². The molecule has 1 aromatic carbocycles. The van der Waals surface area contributed by atoms with Gasteiger partial charge in [0.15, 0.2) is 0 Å². The van der Waals surface area contributed by atoms with Crippen LogP contribution in [0.1, 0.15) is 18.9 Å². The molecule has 1 aliphatic heterocycles. The second-order valence-corrected chi connectivity index (χ2v) is 6.94. The third kappa shape index (κ3) is 3.02. The smallest absolute Gasteiger partial charge is 0.243 e. The molecule has 20 heavy (non-hydrogen) atoms. The molecule has 0 unspecified atom stereocenters. The summed E-state index contributed by atoms with van der Waals surface area (Å²) in [6.07, 6.45) is 0.671. The summed E-state index contributed by atoms with van der Waals surface area (Å²) in [6.45, 7) is 5.21. The Labute approximate surface area is 120 Å². The Morgan fingerprint density at radius 1 is 1.10 bits per heavy atom. The van der Waals surface area contributed by atoms with Gasteiger partial charge in [0, 0.05) is 33.1 Å². The van der Waals surface area contributed by atoms with E-state index in [-0.39, 0.29) is 5.91 Å². The second kappa shape index (κ2) is 5.93. The molecule has 1 fully saturated rings. The molecule has 2 rings (SSSR count). The van der Waals surface area contributed by atoms with E-state index in [1.165, 1.54) is 11.2 Å². The zero-order valence-electron chi connectivity index (χ0n) is 11.9. The molecule has 0 N–H and O–H groups in total. The topological polar surface area (TPSA) is 57.7 Å². The standard InChI is InChI=1S/C14H20N2O3S/c1-12-6-3-4-7-14(12)20(18,19)16-9-5-8-15(10-11-16)13(2)17/h3-4,6-7H,5,8-11H2,1-2H3. The fraction of sp³-hybridized carbons (Fsp3) is 0.500. The quantitative estimate of drug-likeness (QED) is 0.825. The maximum atomic E-state index is 12.7. The van der Waals surface area contributed by atoms with E-state index in [1.807, 2.05) is 6.07 Å². The third-order valence-corrected chi connectivity index (χ3v) is 5.67. The van der Waals surface area contributed by atoms with E-state index in [4.69, 9.17) is 0 Å². The van der Waals surface area contributed by atoms with Gasteiger partial charge in [0.2, 0.25) is 15.9 Å². The number of amides is 1. The molecular weight excluding hydrogens is 276 g/mol. The van der Waals surface area contributed by atoms with Crippen molar-refractivity contribution in [3.8, 4) is 0 Å². The zero-order valence-corrected chi connectivity index (χ0v) is 12.7. The molecule has 0 spiro atoms. The number of hydrogen-bond acceptors (Lipinski definition) is 3. The van der Waals surface area contributed by atoms with Crippen molar-refractivity contribution in [1.82, 2.24) is 9.21 Å². The van der Waals surface area contributed by atoms with Gasteiger partial charge in [-0.25, -0.2) is 8.42 Å². The SMILES string of the molecule is CC(=O)N1CCCN(S(=O)(=O)c2ccccc2C)CC1. The van der Waals surface area contributed by atoms with Crippen LogP contribution in [0.3, 0.4) is 0 Å². The Kier molecular flexibility index (Phi) is 4.45. The highest BCUT2D eigenvalue weighted by Crippen LogP contribution is 2.20. The number of aryl methyl sites for hydroxylation is 1. The molecule has 0 aliphatic carbocycles. The largest absolute Gasteiger partial charge is 0.342 e. The van der Waals surface area contributed by atoms with Gasteiger partial charge in [0.1, 0.15) is 0 Å². The molecule has 0 radical (unpaired) electrons. The lowest BCUT2D eigenvalue weighted by Gasteiger charge is -2.21. The Balaban J connectivity index is 2.23. The summed E-state index contributed by atoms with van der Waals surface area (Å²) in [5.41, 5.74) is 0.750. The van der Waals surface area contributed by atoms with E-state index < -0.39 is 10.0 Å². The second-order valence-electron chi connectivity index (χ2n) is 5.03. The molecular formula is C14H20N2O3S. The monoisotopic (exact) mass is 296 g/mol. The van der Waals surface area contributed by atoms with Crippen molar-refractivity contribution in [1.29, 1.82) is 0 Å². The van der Waals surface area contributed by atoms with Gasteiger partial charge in [-0.2, -0.15) is 4.31 Å². The van der Waals surface area contributed by atoms with Crippen LogP contribution in [-0.4, -0.2) is 49.7 Å². The molecule has 110 valence electrons. The summed E-state index contributed by atoms with van der Waals surface area (Å²) in [4.78, 5) is 13.4. The number of benzene rings is 1. The number of nitrogens with zero attached hydrogens (tertiary/aromatic N) is 2. The zero-order chi connectivity index (χ0) is 14.8. The minimum absolute atomic E-state index is 0.000129. The Morgan fingerprint density at radius 2 is 1.80 bits per heavy atom. The van der Waals surface area contributed by atoms with E-state index in [9.17, 15) is 13.2 Å². The normalized spacial score (nSPS) is 17.8. The van der Waals surface area contributed by atoms with Crippen molar-refractivity contribution in [2.24, 2.45) is 0 Å². The summed E-state index contributed by atoms with van der Waals surface area (Å²) in [5, 5.41) is 0. The molecule has 6 heteroatoms. The lowest BCUT2D eigenvalue weighted by atomic mass is 10.2. The summed E-state index contributed by atoms with van der Waals surface area (Å²) < 4.78 is 26.8. The molecule has 0 bridgehead atoms. The molecule has 1 heterocycles. The first kappa shape index (κ1) is 15.0. The number of rotatable bonds is 2. The first-order valence-corrected chi connectivity index (χ1v) is 8.18. The molecule has 1 aromatic rings. The van der Waals surface area contributed by atoms with Crippen LogP contribution >= 0.6 is 0 Å². The predicted octanol–water partition coefficient (Wildman–Crippen LogP) is 1.24. The summed E-state index contributed by atoms with van der Waals surface area (Å²) >= 11 is 0. The summed E-state index contributed by atoms with van der Waals surface area (Å²) in [5.74, 6) is 0.000129. The van der Waals surface area contributed by atoms with Crippen molar-refractivity contribution in [2.45, 2.75) is 25.2 Å². The maximum absolute atomic E-state index is 12.7. The van der Waals surface area contributed by atoms with Crippen molar-refractivity contribution in [2.75, 3.05) is 26.2 Å². The van der Waals surface area contributed by atoms with Crippen LogP contribution in [0.4, 0.5) is 0 Å². The van der Waals surface area contributed by atoms with Gasteiger partial charge < -0.3 is 4.90 Å². The van der Waals surface area contributed by atoms with Gasteiger partial charge in [0.05, 0.1) is 4.90 Å². The van der Waals surface area contributed by atoms with Crippen LogP contribution in [0.2, 0.25) is 0 Å². The van der Waals surface area contributed by atoms with Crippen LogP contribution in [0, 0.1) is 6.92 Å². The minimum Gasteiger partial charge on any atom is -0.342 e. The average molecular weight is 296 g/mol. The van der Waals surface area contributed by atoms with Crippen LogP contribution in [0.5, 0.6) is 0 Å². The van der Waals surface area contributed by atoms with Crippen molar-refractivity contribution < 1.29 is 13.2 Å². The lowest BCUT2D eigenvalue weighted by Crippen LogP contribution is -2.36. The maximum Gasteiger partial charge on any atom is 0.243 e. The van der Waals surface area contributed by atoms with Gasteiger partial charge >= 0.3 is 0 Å². The molecule has 1 amide bonds. The molecule has 0 aromatic heterocycles. The Morgan fingerprint density at radius 3 is 2.45 bits per heavy atom. The Bertz CT molecular complexity index is 598. The first-order valence-electron chi connectivity index (χ1n) is 6.74. The van der Waals surface area contributed by atoms with Crippen molar-refractivity contribution in [3.63, 3.8) is 0 Å². The number of hydrogen-bond donors (Lipinski definition) is 0. The van der Waals surface area contributed by atoms with Gasteiger partial charge in [-0.3, -0.25) is 4.79 Å². The lowest BCUT2D eigenvalue weighted by molar-refractivity contribution is -0.128. The average Bonchev–Trinajstić information content (AvgIpc) is 2.65. The number of carbonyl (C=O) groups excluding carboxylic acids is 1. The van der Waals surface area contributed by atoms with Crippen molar-refractivity contribution in [3.05, 3.63) is 29.8 Å².